The molecule has 2 rings (SSSR count). The summed E-state index contributed by atoms with van der Waals surface area (Å²) in [5.74, 6) is 0.0721. The van der Waals surface area contributed by atoms with Crippen molar-refractivity contribution >= 4 is 5.91 Å². The van der Waals surface area contributed by atoms with E-state index in [1.165, 1.54) is 0 Å². The van der Waals surface area contributed by atoms with Gasteiger partial charge in [0, 0.05) is 13.2 Å². The van der Waals surface area contributed by atoms with Gasteiger partial charge in [-0.1, -0.05) is 0 Å². The van der Waals surface area contributed by atoms with Crippen molar-refractivity contribution < 1.29 is 4.79 Å². The van der Waals surface area contributed by atoms with E-state index in [2.05, 4.69) is 15.7 Å². The highest BCUT2D eigenvalue weighted by molar-refractivity contribution is 5.85. The number of hydrogen-bond acceptors (Lipinski definition) is 3. The standard InChI is InChI=1S/C12H20N4O/c1-12(6-3-4-7-14-12)11(17)13-9-10-5-8-16(2)15-10/h5,8,14H,3-4,6-7,9H2,1-2H3,(H,13,17). The van der Waals surface area contributed by atoms with Crippen LogP contribution in [-0.4, -0.2) is 27.8 Å². The quantitative estimate of drug-likeness (QED) is 0.806. The topological polar surface area (TPSA) is 59.0 Å². The molecule has 1 saturated heterocycles. The Balaban J connectivity index is 1.88. The van der Waals surface area contributed by atoms with Crippen LogP contribution >= 0.6 is 0 Å². The van der Waals surface area contributed by atoms with E-state index in [0.29, 0.717) is 6.54 Å². The molecule has 0 bridgehead atoms. The van der Waals surface area contributed by atoms with E-state index in [9.17, 15) is 4.79 Å². The molecule has 0 aliphatic carbocycles. The molecule has 0 aromatic carbocycles. The number of rotatable bonds is 3. The average molecular weight is 236 g/mol. The molecule has 5 nitrogen and oxygen atoms in total. The van der Waals surface area contributed by atoms with Crippen LogP contribution in [-0.2, 0) is 18.4 Å². The van der Waals surface area contributed by atoms with Crippen molar-refractivity contribution in [1.29, 1.82) is 0 Å². The molecule has 17 heavy (non-hydrogen) atoms. The Hall–Kier alpha value is -1.36. The minimum absolute atomic E-state index is 0.0721. The normalized spacial score (nSPS) is 24.6. The monoisotopic (exact) mass is 236 g/mol. The second-order valence-corrected chi connectivity index (χ2v) is 4.88. The van der Waals surface area contributed by atoms with E-state index >= 15 is 0 Å². The fourth-order valence-electron chi connectivity index (χ4n) is 2.17. The third kappa shape index (κ3) is 2.85. The first kappa shape index (κ1) is 12.1. The molecule has 1 aliphatic rings. The van der Waals surface area contributed by atoms with Crippen LogP contribution in [0.1, 0.15) is 31.9 Å². The summed E-state index contributed by atoms with van der Waals surface area (Å²) in [6.07, 6.45) is 5.05. The third-order valence-corrected chi connectivity index (χ3v) is 3.32. The zero-order valence-electron chi connectivity index (χ0n) is 10.5. The molecule has 5 heteroatoms. The van der Waals surface area contributed by atoms with Gasteiger partial charge in [0.15, 0.2) is 0 Å². The zero-order chi connectivity index (χ0) is 12.3. The number of aryl methyl sites for hydroxylation is 1. The molecule has 1 unspecified atom stereocenters. The van der Waals surface area contributed by atoms with E-state index in [1.807, 2.05) is 26.2 Å². The number of nitrogens with zero attached hydrogens (tertiary/aromatic N) is 2. The van der Waals surface area contributed by atoms with Crippen molar-refractivity contribution in [1.82, 2.24) is 20.4 Å². The van der Waals surface area contributed by atoms with Gasteiger partial charge >= 0.3 is 0 Å². The molecule has 1 aliphatic heterocycles. The second kappa shape index (κ2) is 4.87. The number of piperidine rings is 1. The van der Waals surface area contributed by atoms with Crippen molar-refractivity contribution in [3.63, 3.8) is 0 Å². The lowest BCUT2D eigenvalue weighted by molar-refractivity contribution is -0.128. The average Bonchev–Trinajstić information content (AvgIpc) is 2.73. The second-order valence-electron chi connectivity index (χ2n) is 4.88. The molecule has 1 atom stereocenters. The van der Waals surface area contributed by atoms with Crippen LogP contribution in [0, 0.1) is 0 Å². The van der Waals surface area contributed by atoms with Gasteiger partial charge in [0.05, 0.1) is 17.8 Å². The van der Waals surface area contributed by atoms with Crippen LogP contribution in [0.2, 0.25) is 0 Å². The maximum atomic E-state index is 12.1. The maximum absolute atomic E-state index is 12.1. The Morgan fingerprint density at radius 2 is 2.47 bits per heavy atom. The Kier molecular flexibility index (Phi) is 3.47. The summed E-state index contributed by atoms with van der Waals surface area (Å²) >= 11 is 0. The van der Waals surface area contributed by atoms with Crippen LogP contribution in [0.15, 0.2) is 12.3 Å². The highest BCUT2D eigenvalue weighted by atomic mass is 16.2. The predicted molar refractivity (Wildman–Crippen MR) is 65.3 cm³/mol. The summed E-state index contributed by atoms with van der Waals surface area (Å²) in [7, 11) is 1.87. The fourth-order valence-corrected chi connectivity index (χ4v) is 2.17. The molecule has 1 aromatic rings. The molecule has 2 heterocycles. The summed E-state index contributed by atoms with van der Waals surface area (Å²) in [6.45, 7) is 3.39. The third-order valence-electron chi connectivity index (χ3n) is 3.32. The highest BCUT2D eigenvalue weighted by Gasteiger charge is 2.33. The minimum Gasteiger partial charge on any atom is -0.349 e. The molecule has 0 saturated carbocycles. The van der Waals surface area contributed by atoms with Gasteiger partial charge in [-0.15, -0.1) is 0 Å². The summed E-state index contributed by atoms with van der Waals surface area (Å²) in [5, 5.41) is 10.5. The van der Waals surface area contributed by atoms with E-state index in [-0.39, 0.29) is 5.91 Å². The van der Waals surface area contributed by atoms with E-state index < -0.39 is 5.54 Å². The maximum Gasteiger partial charge on any atom is 0.240 e. The Morgan fingerprint density at radius 3 is 3.06 bits per heavy atom. The first-order chi connectivity index (χ1) is 8.10. The van der Waals surface area contributed by atoms with Crippen LogP contribution in [0.5, 0.6) is 0 Å². The Morgan fingerprint density at radius 1 is 1.65 bits per heavy atom. The molecule has 1 fully saturated rings. The van der Waals surface area contributed by atoms with Crippen LogP contribution < -0.4 is 10.6 Å². The molecule has 1 aromatic heterocycles. The van der Waals surface area contributed by atoms with Crippen molar-refractivity contribution in [2.45, 2.75) is 38.3 Å². The lowest BCUT2D eigenvalue weighted by Gasteiger charge is -2.33. The van der Waals surface area contributed by atoms with Gasteiger partial charge in [-0.05, 0) is 38.8 Å². The molecule has 0 spiro atoms. The smallest absolute Gasteiger partial charge is 0.240 e. The van der Waals surface area contributed by atoms with Crippen LogP contribution in [0.3, 0.4) is 0 Å². The van der Waals surface area contributed by atoms with Crippen LogP contribution in [0.25, 0.3) is 0 Å². The van der Waals surface area contributed by atoms with Gasteiger partial charge in [-0.25, -0.2) is 0 Å². The molecular formula is C12H20N4O. The molecule has 2 N–H and O–H groups in total. The van der Waals surface area contributed by atoms with E-state index in [4.69, 9.17) is 0 Å². The van der Waals surface area contributed by atoms with Gasteiger partial charge in [0.2, 0.25) is 5.91 Å². The Bertz CT molecular complexity index is 393. The minimum atomic E-state index is -0.410. The number of aromatic nitrogens is 2. The number of carbonyl (C=O) groups is 1. The van der Waals surface area contributed by atoms with Gasteiger partial charge in [-0.3, -0.25) is 9.48 Å². The summed E-state index contributed by atoms with van der Waals surface area (Å²) in [4.78, 5) is 12.1. The van der Waals surface area contributed by atoms with Gasteiger partial charge in [-0.2, -0.15) is 5.10 Å². The number of carbonyl (C=O) groups excluding carboxylic acids is 1. The molecule has 0 radical (unpaired) electrons. The fraction of sp³-hybridized carbons (Fsp3) is 0.667. The first-order valence-corrected chi connectivity index (χ1v) is 6.12. The van der Waals surface area contributed by atoms with Crippen LogP contribution in [0.4, 0.5) is 0 Å². The van der Waals surface area contributed by atoms with Crippen molar-refractivity contribution in [2.24, 2.45) is 7.05 Å². The number of nitrogens with one attached hydrogen (secondary N) is 2. The summed E-state index contributed by atoms with van der Waals surface area (Å²) < 4.78 is 1.74. The lowest BCUT2D eigenvalue weighted by Crippen LogP contribution is -2.56. The molecular weight excluding hydrogens is 216 g/mol. The number of amides is 1. The molecule has 94 valence electrons. The van der Waals surface area contributed by atoms with E-state index in [0.717, 1.165) is 31.5 Å². The summed E-state index contributed by atoms with van der Waals surface area (Å²) in [5.41, 5.74) is 0.479. The highest BCUT2D eigenvalue weighted by Crippen LogP contribution is 2.18. The van der Waals surface area contributed by atoms with Gasteiger partial charge in [0.1, 0.15) is 0 Å². The van der Waals surface area contributed by atoms with Gasteiger partial charge in [0.25, 0.3) is 0 Å². The Labute approximate surface area is 102 Å². The molecule has 1 amide bonds. The largest absolute Gasteiger partial charge is 0.349 e. The predicted octanol–water partition coefficient (Wildman–Crippen LogP) is 0.568. The van der Waals surface area contributed by atoms with Crippen molar-refractivity contribution in [3.8, 4) is 0 Å². The lowest BCUT2D eigenvalue weighted by atomic mass is 9.90. The SMILES string of the molecule is Cn1ccc(CNC(=O)C2(C)CCCCN2)n1. The van der Waals surface area contributed by atoms with E-state index in [1.54, 1.807) is 4.68 Å². The zero-order valence-corrected chi connectivity index (χ0v) is 10.5. The first-order valence-electron chi connectivity index (χ1n) is 6.12. The van der Waals surface area contributed by atoms with Gasteiger partial charge < -0.3 is 10.6 Å². The summed E-state index contributed by atoms with van der Waals surface area (Å²) in [6, 6.07) is 1.91. The van der Waals surface area contributed by atoms with Crippen molar-refractivity contribution in [2.75, 3.05) is 6.54 Å². The number of hydrogen-bond donors (Lipinski definition) is 2. The van der Waals surface area contributed by atoms with Crippen molar-refractivity contribution in [3.05, 3.63) is 18.0 Å².